The van der Waals surface area contributed by atoms with Gasteiger partial charge in [0.25, 0.3) is 0 Å². The molecule has 3 rings (SSSR count). The summed E-state index contributed by atoms with van der Waals surface area (Å²) in [6.07, 6.45) is 0. The second kappa shape index (κ2) is 3.95. The smallest absolute Gasteiger partial charge is 0.0255 e. The van der Waals surface area contributed by atoms with Crippen molar-refractivity contribution >= 4 is 32.6 Å². The number of fused-ring (bicyclic) bond motifs is 2. The van der Waals surface area contributed by atoms with Crippen molar-refractivity contribution in [1.82, 2.24) is 0 Å². The lowest BCUT2D eigenvalue weighted by atomic mass is 10.0. The zero-order chi connectivity index (χ0) is 11.8. The van der Waals surface area contributed by atoms with Gasteiger partial charge in [0.1, 0.15) is 0 Å². The maximum atomic E-state index is 10.9. The van der Waals surface area contributed by atoms with Crippen LogP contribution in [0.25, 0.3) is 21.5 Å². The molecule has 0 saturated heterocycles. The van der Waals surface area contributed by atoms with Crippen LogP contribution in [0.15, 0.2) is 59.5 Å². The first-order valence-electron chi connectivity index (χ1n) is 5.26. The highest BCUT2D eigenvalue weighted by atomic mass is 32.2. The lowest BCUT2D eigenvalue weighted by Gasteiger charge is -2.07. The molecule has 0 aromatic heterocycles. The molecule has 84 valence electrons. The normalized spacial score (nSPS) is 13.0. The summed E-state index contributed by atoms with van der Waals surface area (Å²) in [5, 5.41) is 4.29. The molecule has 0 fully saturated rings. The number of benzene rings is 3. The first-order chi connectivity index (χ1) is 8.24. The van der Waals surface area contributed by atoms with Gasteiger partial charge in [0.15, 0.2) is 0 Å². The quantitative estimate of drug-likeness (QED) is 0.484. The van der Waals surface area contributed by atoms with E-state index in [1.54, 1.807) is 12.1 Å². The van der Waals surface area contributed by atoms with E-state index in [2.05, 4.69) is 12.1 Å². The fourth-order valence-corrected chi connectivity index (χ4v) is 2.42. The van der Waals surface area contributed by atoms with E-state index >= 15 is 0 Å². The van der Waals surface area contributed by atoms with Crippen LogP contribution in [0.2, 0.25) is 0 Å². The third kappa shape index (κ3) is 1.84. The summed E-state index contributed by atoms with van der Waals surface area (Å²) in [6.45, 7) is 0. The average Bonchev–Trinajstić information content (AvgIpc) is 2.35. The largest absolute Gasteiger partial charge is 0.768 e. The van der Waals surface area contributed by atoms with Gasteiger partial charge < -0.3 is 4.55 Å². The zero-order valence-electron chi connectivity index (χ0n) is 8.92. The van der Waals surface area contributed by atoms with Gasteiger partial charge in [-0.2, -0.15) is 0 Å². The van der Waals surface area contributed by atoms with Gasteiger partial charge in [0, 0.05) is 4.90 Å². The van der Waals surface area contributed by atoms with Gasteiger partial charge in [-0.25, -0.2) is 0 Å². The Kier molecular flexibility index (Phi) is 2.42. The Morgan fingerprint density at radius 2 is 1.35 bits per heavy atom. The standard InChI is InChI=1S/C14H10O2S/c15-17(16)14-6-5-12-7-10-3-1-2-4-11(10)8-13(12)9-14/h1-9H,(H,15,16)/p-1. The van der Waals surface area contributed by atoms with E-state index in [4.69, 9.17) is 0 Å². The lowest BCUT2D eigenvalue weighted by Crippen LogP contribution is -1.88. The minimum absolute atomic E-state index is 0.327. The summed E-state index contributed by atoms with van der Waals surface area (Å²) in [5.41, 5.74) is 0. The van der Waals surface area contributed by atoms with Gasteiger partial charge in [0.05, 0.1) is 0 Å². The maximum Gasteiger partial charge on any atom is 0.0255 e. The number of rotatable bonds is 1. The molecule has 0 aliphatic carbocycles. The second-order valence-corrected chi connectivity index (χ2v) is 4.88. The highest BCUT2D eigenvalue weighted by Gasteiger charge is 1.99. The molecule has 0 aliphatic heterocycles. The monoisotopic (exact) mass is 241 g/mol. The second-order valence-electron chi connectivity index (χ2n) is 3.94. The number of hydrogen-bond acceptors (Lipinski definition) is 2. The van der Waals surface area contributed by atoms with Crippen LogP contribution < -0.4 is 0 Å². The van der Waals surface area contributed by atoms with Gasteiger partial charge in [-0.3, -0.25) is 4.21 Å². The molecule has 0 amide bonds. The van der Waals surface area contributed by atoms with E-state index in [1.807, 2.05) is 30.3 Å². The molecule has 3 aromatic carbocycles. The van der Waals surface area contributed by atoms with Crippen molar-refractivity contribution < 1.29 is 8.76 Å². The first-order valence-corrected chi connectivity index (χ1v) is 6.33. The Labute approximate surface area is 101 Å². The Morgan fingerprint density at radius 1 is 0.765 bits per heavy atom. The van der Waals surface area contributed by atoms with E-state index in [0.717, 1.165) is 21.5 Å². The Balaban J connectivity index is 2.36. The average molecular weight is 241 g/mol. The van der Waals surface area contributed by atoms with Gasteiger partial charge in [-0.15, -0.1) is 0 Å². The van der Waals surface area contributed by atoms with E-state index in [1.165, 1.54) is 0 Å². The SMILES string of the molecule is O=S([O-])c1ccc2cc3ccccc3cc2c1. The lowest BCUT2D eigenvalue weighted by molar-refractivity contribution is 0.537. The van der Waals surface area contributed by atoms with Crippen LogP contribution in [-0.4, -0.2) is 8.76 Å². The predicted octanol–water partition coefficient (Wildman–Crippen LogP) is 3.23. The molecule has 3 heteroatoms. The van der Waals surface area contributed by atoms with Crippen LogP contribution >= 0.6 is 0 Å². The highest BCUT2D eigenvalue weighted by molar-refractivity contribution is 7.79. The van der Waals surface area contributed by atoms with Gasteiger partial charge in [0.2, 0.25) is 0 Å². The van der Waals surface area contributed by atoms with Crippen molar-refractivity contribution in [3.05, 3.63) is 54.6 Å². The van der Waals surface area contributed by atoms with Crippen molar-refractivity contribution in [2.75, 3.05) is 0 Å². The van der Waals surface area contributed by atoms with E-state index in [0.29, 0.717) is 4.90 Å². The van der Waals surface area contributed by atoms with Crippen molar-refractivity contribution in [3.63, 3.8) is 0 Å². The summed E-state index contributed by atoms with van der Waals surface area (Å²) in [6, 6.07) is 17.3. The molecular weight excluding hydrogens is 232 g/mol. The van der Waals surface area contributed by atoms with Crippen molar-refractivity contribution in [1.29, 1.82) is 0 Å². The predicted molar refractivity (Wildman–Crippen MR) is 68.6 cm³/mol. The van der Waals surface area contributed by atoms with Crippen molar-refractivity contribution in [3.8, 4) is 0 Å². The third-order valence-electron chi connectivity index (χ3n) is 2.87. The Hall–Kier alpha value is -1.71. The molecule has 2 nitrogen and oxygen atoms in total. The molecule has 3 aromatic rings. The van der Waals surface area contributed by atoms with Crippen LogP contribution in [0, 0.1) is 0 Å². The molecule has 0 bridgehead atoms. The molecule has 0 saturated carbocycles. The van der Waals surface area contributed by atoms with Crippen LogP contribution in [-0.2, 0) is 11.1 Å². The summed E-state index contributed by atoms with van der Waals surface area (Å²) < 4.78 is 21.8. The van der Waals surface area contributed by atoms with Gasteiger partial charge in [-0.1, -0.05) is 30.3 Å². The molecule has 1 unspecified atom stereocenters. The third-order valence-corrected chi connectivity index (χ3v) is 3.51. The minimum Gasteiger partial charge on any atom is -0.768 e. The molecule has 0 radical (unpaired) electrons. The van der Waals surface area contributed by atoms with E-state index < -0.39 is 11.1 Å². The summed E-state index contributed by atoms with van der Waals surface area (Å²) in [5.74, 6) is 0. The fraction of sp³-hybridized carbons (Fsp3) is 0. The molecule has 0 heterocycles. The van der Waals surface area contributed by atoms with Crippen LogP contribution in [0.1, 0.15) is 0 Å². The summed E-state index contributed by atoms with van der Waals surface area (Å²) in [4.78, 5) is 0.327. The number of hydrogen-bond donors (Lipinski definition) is 0. The highest BCUT2D eigenvalue weighted by Crippen LogP contribution is 2.24. The molecule has 17 heavy (non-hydrogen) atoms. The summed E-state index contributed by atoms with van der Waals surface area (Å²) in [7, 11) is 0. The van der Waals surface area contributed by atoms with Gasteiger partial charge in [-0.05, 0) is 56.9 Å². The Bertz CT molecular complexity index is 734. The van der Waals surface area contributed by atoms with E-state index in [9.17, 15) is 8.76 Å². The molecular formula is C14H9O2S-. The molecule has 0 spiro atoms. The Morgan fingerprint density at radius 3 is 2.00 bits per heavy atom. The van der Waals surface area contributed by atoms with Crippen LogP contribution in [0.3, 0.4) is 0 Å². The first kappa shape index (κ1) is 10.4. The van der Waals surface area contributed by atoms with Crippen molar-refractivity contribution in [2.24, 2.45) is 0 Å². The molecule has 1 atom stereocenters. The fourth-order valence-electron chi connectivity index (χ4n) is 2.02. The van der Waals surface area contributed by atoms with Crippen LogP contribution in [0.4, 0.5) is 0 Å². The summed E-state index contributed by atoms with van der Waals surface area (Å²) >= 11 is -2.17. The maximum absolute atomic E-state index is 10.9. The van der Waals surface area contributed by atoms with E-state index in [-0.39, 0.29) is 0 Å². The van der Waals surface area contributed by atoms with Crippen LogP contribution in [0.5, 0.6) is 0 Å². The molecule has 0 N–H and O–H groups in total. The molecule has 0 aliphatic rings. The van der Waals surface area contributed by atoms with Gasteiger partial charge >= 0.3 is 0 Å². The zero-order valence-corrected chi connectivity index (χ0v) is 9.74. The topological polar surface area (TPSA) is 40.1 Å². The minimum atomic E-state index is -2.17. The van der Waals surface area contributed by atoms with Crippen molar-refractivity contribution in [2.45, 2.75) is 4.90 Å².